The van der Waals surface area contributed by atoms with Gasteiger partial charge in [-0.15, -0.1) is 11.8 Å². The highest BCUT2D eigenvalue weighted by molar-refractivity contribution is 7.99. The Labute approximate surface area is 411 Å². The van der Waals surface area contributed by atoms with Gasteiger partial charge >= 0.3 is 18.1 Å². The first-order valence-corrected chi connectivity index (χ1v) is 24.2. The molecule has 2 aliphatic rings. The van der Waals surface area contributed by atoms with Crippen LogP contribution in [0.1, 0.15) is 57.1 Å². The minimum Gasteiger partial charge on any atom is -0.457 e. The molecule has 7 aromatic rings. The second-order valence-electron chi connectivity index (χ2n) is 16.8. The average Bonchev–Trinajstić information content (AvgIpc) is 3.72. The van der Waals surface area contributed by atoms with Crippen molar-refractivity contribution in [2.45, 2.75) is 67.8 Å². The molecular weight excluding hydrogens is 905 g/mol. The lowest BCUT2D eigenvalue weighted by Crippen LogP contribution is -2.62. The molecule has 0 amide bonds. The van der Waals surface area contributed by atoms with Gasteiger partial charge in [0.05, 0.1) is 24.9 Å². The van der Waals surface area contributed by atoms with Crippen LogP contribution in [0.25, 0.3) is 11.1 Å². The van der Waals surface area contributed by atoms with Gasteiger partial charge in [-0.2, -0.15) is 0 Å². The summed E-state index contributed by atoms with van der Waals surface area (Å²) in [6.07, 6.45) is -6.89. The van der Waals surface area contributed by atoms with Gasteiger partial charge in [-0.3, -0.25) is 4.79 Å². The first kappa shape index (κ1) is 48.0. The first-order valence-electron chi connectivity index (χ1n) is 23.2. The number of carbonyl (C=O) groups excluding carboxylic acids is 3. The minimum atomic E-state index is -1.19. The molecule has 0 bridgehead atoms. The van der Waals surface area contributed by atoms with Crippen LogP contribution < -0.4 is 4.74 Å². The lowest BCUT2D eigenvalue weighted by molar-refractivity contribution is -0.326. The number of hydrogen-bond donors (Lipinski definition) is 0. The summed E-state index contributed by atoms with van der Waals surface area (Å²) in [5.41, 5.74) is 7.22. The van der Waals surface area contributed by atoms with Crippen LogP contribution in [0.15, 0.2) is 199 Å². The van der Waals surface area contributed by atoms with Gasteiger partial charge in [-0.05, 0) is 75.3 Å². The van der Waals surface area contributed by atoms with Gasteiger partial charge in [0.25, 0.3) is 0 Å². The van der Waals surface area contributed by atoms with E-state index in [-0.39, 0.29) is 32.3 Å². The van der Waals surface area contributed by atoms with E-state index in [1.807, 2.05) is 133 Å². The van der Waals surface area contributed by atoms with Gasteiger partial charge in [-0.25, -0.2) is 9.59 Å². The number of fused-ring (bicyclic) bond motifs is 3. The molecule has 0 aromatic heterocycles. The second-order valence-corrected chi connectivity index (χ2v) is 17.9. The van der Waals surface area contributed by atoms with Crippen molar-refractivity contribution in [3.63, 3.8) is 0 Å². The van der Waals surface area contributed by atoms with Gasteiger partial charge in [0.15, 0.2) is 12.4 Å². The van der Waals surface area contributed by atoms with Crippen molar-refractivity contribution >= 4 is 29.9 Å². The van der Waals surface area contributed by atoms with Crippen molar-refractivity contribution in [2.75, 3.05) is 19.0 Å². The van der Waals surface area contributed by atoms with Crippen molar-refractivity contribution in [1.29, 1.82) is 0 Å². The fraction of sp³-hybridized carbons (Fsp3) is 0.224. The van der Waals surface area contributed by atoms with Crippen LogP contribution in [0.4, 0.5) is 4.79 Å². The molecule has 7 aromatic carbocycles. The van der Waals surface area contributed by atoms with Gasteiger partial charge in [0.1, 0.15) is 37.3 Å². The Morgan fingerprint density at radius 3 is 1.79 bits per heavy atom. The SMILES string of the molecule is CC(=O)O[C@@H]1[C@@H](O[C@H](CSc2ccccc2)c2ccccc2)[C@@H](OCc2ccc(OC(=O)c3ccccc3)cc2)O[C@H](COC(=O)OCC2c3ccccc3-c3ccccc32)[C@H]1OCc1ccccc1. The third-order valence-electron chi connectivity index (χ3n) is 12.1. The van der Waals surface area contributed by atoms with E-state index >= 15 is 0 Å². The highest BCUT2D eigenvalue weighted by Crippen LogP contribution is 2.45. The van der Waals surface area contributed by atoms with Crippen molar-refractivity contribution in [3.8, 4) is 16.9 Å². The normalized spacial score (nSPS) is 18.7. The monoisotopic (exact) mass is 956 g/mol. The van der Waals surface area contributed by atoms with Crippen molar-refractivity contribution in [3.05, 3.63) is 228 Å². The van der Waals surface area contributed by atoms with Gasteiger partial charge in [0, 0.05) is 23.5 Å². The summed E-state index contributed by atoms with van der Waals surface area (Å²) >= 11 is 1.62. The molecule has 1 heterocycles. The lowest BCUT2D eigenvalue weighted by atomic mass is 9.97. The number of hydrogen-bond acceptors (Lipinski definition) is 12. The highest BCUT2D eigenvalue weighted by Gasteiger charge is 2.51. The van der Waals surface area contributed by atoms with E-state index in [2.05, 4.69) is 12.1 Å². The zero-order valence-corrected chi connectivity index (χ0v) is 39.3. The van der Waals surface area contributed by atoms with Gasteiger partial charge < -0.3 is 37.9 Å². The molecule has 12 heteroatoms. The predicted molar refractivity (Wildman–Crippen MR) is 264 cm³/mol. The summed E-state index contributed by atoms with van der Waals surface area (Å²) in [6, 6.07) is 61.2. The quantitative estimate of drug-likeness (QED) is 0.0435. The van der Waals surface area contributed by atoms with Crippen molar-refractivity contribution in [2.24, 2.45) is 0 Å². The van der Waals surface area contributed by atoms with E-state index in [4.69, 9.17) is 37.9 Å². The Morgan fingerprint density at radius 2 is 1.13 bits per heavy atom. The highest BCUT2D eigenvalue weighted by atomic mass is 32.2. The summed E-state index contributed by atoms with van der Waals surface area (Å²) in [7, 11) is 0. The number of ether oxygens (including phenoxy) is 8. The Morgan fingerprint density at radius 1 is 0.571 bits per heavy atom. The zero-order valence-electron chi connectivity index (χ0n) is 38.5. The average molecular weight is 957 g/mol. The zero-order chi connectivity index (χ0) is 48.1. The topological polar surface area (TPSA) is 125 Å². The van der Waals surface area contributed by atoms with Crippen LogP contribution in [-0.2, 0) is 51.2 Å². The fourth-order valence-corrected chi connectivity index (χ4v) is 9.66. The Bertz CT molecular complexity index is 2750. The smallest absolute Gasteiger partial charge is 0.457 e. The minimum absolute atomic E-state index is 0.00843. The summed E-state index contributed by atoms with van der Waals surface area (Å²) < 4.78 is 50.8. The maximum absolute atomic E-state index is 13.6. The van der Waals surface area contributed by atoms with Crippen LogP contribution in [-0.4, -0.2) is 67.8 Å². The number of thioether (sulfide) groups is 1. The van der Waals surface area contributed by atoms with Gasteiger partial charge in [0.2, 0.25) is 0 Å². The molecule has 1 aliphatic heterocycles. The summed E-state index contributed by atoms with van der Waals surface area (Å²) in [5.74, 6) is -0.408. The Balaban J connectivity index is 0.990. The third-order valence-corrected chi connectivity index (χ3v) is 13.1. The molecule has 70 heavy (non-hydrogen) atoms. The van der Waals surface area contributed by atoms with E-state index in [0.717, 1.165) is 43.8 Å². The Hall–Kier alpha value is -7.06. The van der Waals surface area contributed by atoms with E-state index < -0.39 is 54.9 Å². The molecule has 11 nitrogen and oxygen atoms in total. The molecule has 0 N–H and O–H groups in total. The predicted octanol–water partition coefficient (Wildman–Crippen LogP) is 11.5. The largest absolute Gasteiger partial charge is 0.508 e. The maximum Gasteiger partial charge on any atom is 0.508 e. The first-order chi connectivity index (χ1) is 34.4. The Kier molecular flexibility index (Phi) is 16.1. The number of benzene rings is 7. The molecule has 0 saturated carbocycles. The molecule has 1 saturated heterocycles. The molecule has 0 spiro atoms. The summed E-state index contributed by atoms with van der Waals surface area (Å²) in [5, 5.41) is 0. The number of carbonyl (C=O) groups is 3. The lowest BCUT2D eigenvalue weighted by Gasteiger charge is -2.46. The third kappa shape index (κ3) is 12.2. The van der Waals surface area contributed by atoms with Crippen molar-refractivity contribution in [1.82, 2.24) is 0 Å². The number of esters is 2. The van der Waals surface area contributed by atoms with E-state index in [9.17, 15) is 14.4 Å². The summed E-state index contributed by atoms with van der Waals surface area (Å²) in [4.78, 5) is 40.7. The molecule has 0 unspecified atom stereocenters. The van der Waals surface area contributed by atoms with Crippen molar-refractivity contribution < 1.29 is 52.3 Å². The van der Waals surface area contributed by atoms with Crippen LogP contribution in [0.5, 0.6) is 5.75 Å². The van der Waals surface area contributed by atoms with Crippen LogP contribution in [0.3, 0.4) is 0 Å². The molecule has 0 radical (unpaired) electrons. The summed E-state index contributed by atoms with van der Waals surface area (Å²) in [6.45, 7) is 1.16. The van der Waals surface area contributed by atoms with E-state index in [1.54, 1.807) is 60.3 Å². The second kappa shape index (κ2) is 23.5. The van der Waals surface area contributed by atoms with Crippen LogP contribution in [0.2, 0.25) is 0 Å². The van der Waals surface area contributed by atoms with Crippen LogP contribution >= 0.6 is 11.8 Å². The molecule has 356 valence electrons. The van der Waals surface area contributed by atoms with E-state index in [1.165, 1.54) is 6.92 Å². The molecule has 1 aliphatic carbocycles. The van der Waals surface area contributed by atoms with Gasteiger partial charge in [-0.1, -0.05) is 158 Å². The molecular formula is C58H52O11S. The fourth-order valence-electron chi connectivity index (χ4n) is 8.70. The number of rotatable bonds is 19. The molecule has 9 rings (SSSR count). The standard InChI is InChI=1S/C58H52O11S/c1-39(59)66-54-53(62-34-40-18-6-2-7-19-40)51(37-65-58(61)64-36-50-48-28-16-14-26-46(48)47-27-15-17-29-49(47)50)69-57(63-35-41-30-32-44(33-31-41)67-56(60)43-22-10-4-11-23-43)55(54)68-52(42-20-8-3-9-21-42)38-70-45-24-12-5-13-25-45/h2-33,50-55,57H,34-38H2,1H3/t51-,52-,53-,54+,55-,57+/m1/s1. The molecule has 6 atom stereocenters. The molecule has 1 fully saturated rings. The van der Waals surface area contributed by atoms with Crippen LogP contribution in [0, 0.1) is 0 Å². The maximum atomic E-state index is 13.6. The van der Waals surface area contributed by atoms with E-state index in [0.29, 0.717) is 17.1 Å².